The van der Waals surface area contributed by atoms with Gasteiger partial charge < -0.3 is 14.6 Å². The van der Waals surface area contributed by atoms with Crippen LogP contribution in [-0.4, -0.2) is 22.3 Å². The molecule has 4 heteroatoms. The Bertz CT molecular complexity index is 468. The molecular weight excluding hydrogens is 220 g/mol. The summed E-state index contributed by atoms with van der Waals surface area (Å²) < 4.78 is 5.09. The fraction of sp³-hybridized carbons (Fsp3) is 0.308. The van der Waals surface area contributed by atoms with Gasteiger partial charge in [0.2, 0.25) is 5.76 Å². The first-order valence-electron chi connectivity index (χ1n) is 5.53. The fourth-order valence-corrected chi connectivity index (χ4v) is 1.74. The summed E-state index contributed by atoms with van der Waals surface area (Å²) in [6.45, 7) is 0. The molecule has 1 aromatic heterocycles. The van der Waals surface area contributed by atoms with Crippen LogP contribution in [0.3, 0.4) is 0 Å². The first-order chi connectivity index (χ1) is 8.15. The zero-order valence-electron chi connectivity index (χ0n) is 9.30. The van der Waals surface area contributed by atoms with Crippen molar-refractivity contribution in [1.82, 2.24) is 0 Å². The molecule has 4 nitrogen and oxygen atoms in total. The van der Waals surface area contributed by atoms with Crippen LogP contribution >= 0.6 is 0 Å². The van der Waals surface area contributed by atoms with Gasteiger partial charge in [0.05, 0.1) is 6.10 Å². The van der Waals surface area contributed by atoms with Crippen LogP contribution < -0.4 is 0 Å². The summed E-state index contributed by atoms with van der Waals surface area (Å²) in [5.41, 5.74) is 1.14. The van der Waals surface area contributed by atoms with E-state index in [1.807, 2.05) is 12.2 Å². The molecule has 0 radical (unpaired) electrons. The molecular formula is C13H14O4. The number of allylic oxidation sites excluding steroid dienone is 2. The molecule has 0 bridgehead atoms. The van der Waals surface area contributed by atoms with E-state index in [9.17, 15) is 9.90 Å². The number of aliphatic hydroxyl groups excluding tert-OH is 1. The van der Waals surface area contributed by atoms with Crippen molar-refractivity contribution in [3.05, 3.63) is 41.4 Å². The third-order valence-electron chi connectivity index (χ3n) is 2.72. The molecule has 17 heavy (non-hydrogen) atoms. The molecule has 2 N–H and O–H groups in total. The number of aromatic carboxylic acids is 1. The zero-order valence-corrected chi connectivity index (χ0v) is 9.30. The molecule has 0 saturated carbocycles. The first-order valence-corrected chi connectivity index (χ1v) is 5.53. The SMILES string of the molecule is O=C(O)c1ccc(/C=C/C2=CCC(O)CC2)o1. The van der Waals surface area contributed by atoms with Gasteiger partial charge in [-0.1, -0.05) is 17.7 Å². The van der Waals surface area contributed by atoms with Gasteiger partial charge in [0.15, 0.2) is 0 Å². The highest BCUT2D eigenvalue weighted by Crippen LogP contribution is 2.20. The third-order valence-corrected chi connectivity index (χ3v) is 2.72. The summed E-state index contributed by atoms with van der Waals surface area (Å²) in [7, 11) is 0. The molecule has 2 rings (SSSR count). The summed E-state index contributed by atoms with van der Waals surface area (Å²) in [6.07, 6.45) is 7.70. The number of carboxylic acids is 1. The van der Waals surface area contributed by atoms with Gasteiger partial charge in [-0.25, -0.2) is 4.79 Å². The van der Waals surface area contributed by atoms with E-state index in [2.05, 4.69) is 0 Å². The maximum atomic E-state index is 10.6. The van der Waals surface area contributed by atoms with Gasteiger partial charge in [-0.15, -0.1) is 0 Å². The number of hydrogen-bond acceptors (Lipinski definition) is 3. The van der Waals surface area contributed by atoms with Gasteiger partial charge >= 0.3 is 5.97 Å². The highest BCUT2D eigenvalue weighted by atomic mass is 16.4. The maximum Gasteiger partial charge on any atom is 0.371 e. The van der Waals surface area contributed by atoms with Crippen molar-refractivity contribution >= 4 is 12.0 Å². The largest absolute Gasteiger partial charge is 0.475 e. The lowest BCUT2D eigenvalue weighted by Gasteiger charge is -2.14. The lowest BCUT2D eigenvalue weighted by Crippen LogP contribution is -2.09. The molecule has 0 aromatic carbocycles. The van der Waals surface area contributed by atoms with Crippen LogP contribution in [0.25, 0.3) is 6.08 Å². The fourth-order valence-electron chi connectivity index (χ4n) is 1.74. The summed E-state index contributed by atoms with van der Waals surface area (Å²) in [4.78, 5) is 10.6. The maximum absolute atomic E-state index is 10.6. The summed E-state index contributed by atoms with van der Waals surface area (Å²) in [5.74, 6) is -0.600. The average molecular weight is 234 g/mol. The van der Waals surface area contributed by atoms with Crippen molar-refractivity contribution in [2.45, 2.75) is 25.4 Å². The van der Waals surface area contributed by atoms with E-state index in [1.165, 1.54) is 6.07 Å². The molecule has 1 aliphatic carbocycles. The first kappa shape index (κ1) is 11.7. The number of furan rings is 1. The third kappa shape index (κ3) is 3.07. The number of aliphatic hydroxyl groups is 1. The van der Waals surface area contributed by atoms with Crippen LogP contribution in [0.4, 0.5) is 0 Å². The molecule has 1 aliphatic rings. The Morgan fingerprint density at radius 3 is 2.82 bits per heavy atom. The minimum atomic E-state index is -1.07. The van der Waals surface area contributed by atoms with E-state index in [4.69, 9.17) is 9.52 Å². The van der Waals surface area contributed by atoms with Crippen molar-refractivity contribution in [2.24, 2.45) is 0 Å². The second-order valence-electron chi connectivity index (χ2n) is 4.05. The van der Waals surface area contributed by atoms with Gasteiger partial charge in [-0.05, 0) is 37.5 Å². The minimum Gasteiger partial charge on any atom is -0.475 e. The van der Waals surface area contributed by atoms with E-state index in [0.717, 1.165) is 18.4 Å². The summed E-state index contributed by atoms with van der Waals surface area (Å²) in [6, 6.07) is 3.05. The van der Waals surface area contributed by atoms with Gasteiger partial charge in [0.1, 0.15) is 5.76 Å². The highest BCUT2D eigenvalue weighted by molar-refractivity contribution is 5.84. The second kappa shape index (κ2) is 5.01. The van der Waals surface area contributed by atoms with Crippen LogP contribution in [-0.2, 0) is 0 Å². The van der Waals surface area contributed by atoms with E-state index >= 15 is 0 Å². The van der Waals surface area contributed by atoms with Crippen molar-refractivity contribution in [3.8, 4) is 0 Å². The Labute approximate surface area is 98.9 Å². The van der Waals surface area contributed by atoms with E-state index in [1.54, 1.807) is 12.1 Å². The Morgan fingerprint density at radius 1 is 1.41 bits per heavy atom. The predicted octanol–water partition coefficient (Wildman–Crippen LogP) is 2.46. The Kier molecular flexibility index (Phi) is 3.44. The van der Waals surface area contributed by atoms with E-state index < -0.39 is 5.97 Å². The zero-order chi connectivity index (χ0) is 12.3. The van der Waals surface area contributed by atoms with Crippen molar-refractivity contribution in [2.75, 3.05) is 0 Å². The summed E-state index contributed by atoms with van der Waals surface area (Å²) >= 11 is 0. The molecule has 0 fully saturated rings. The van der Waals surface area contributed by atoms with Crippen molar-refractivity contribution in [1.29, 1.82) is 0 Å². The monoisotopic (exact) mass is 234 g/mol. The normalized spacial score (nSPS) is 20.5. The Hall–Kier alpha value is -1.81. The van der Waals surface area contributed by atoms with E-state index in [-0.39, 0.29) is 11.9 Å². The predicted molar refractivity (Wildman–Crippen MR) is 62.6 cm³/mol. The van der Waals surface area contributed by atoms with Crippen LogP contribution in [0.5, 0.6) is 0 Å². The highest BCUT2D eigenvalue weighted by Gasteiger charge is 2.10. The van der Waals surface area contributed by atoms with Gasteiger partial charge in [0.25, 0.3) is 0 Å². The number of carboxylic acid groups (broad SMARTS) is 1. The topological polar surface area (TPSA) is 70.7 Å². The average Bonchev–Trinajstić information content (AvgIpc) is 2.77. The quantitative estimate of drug-likeness (QED) is 0.842. The number of carbonyl (C=O) groups is 1. The smallest absolute Gasteiger partial charge is 0.371 e. The van der Waals surface area contributed by atoms with Gasteiger partial charge in [0, 0.05) is 0 Å². The Morgan fingerprint density at radius 2 is 2.24 bits per heavy atom. The van der Waals surface area contributed by atoms with Gasteiger partial charge in [-0.3, -0.25) is 0 Å². The van der Waals surface area contributed by atoms with Crippen molar-refractivity contribution in [3.63, 3.8) is 0 Å². The van der Waals surface area contributed by atoms with Gasteiger partial charge in [-0.2, -0.15) is 0 Å². The number of hydrogen-bond donors (Lipinski definition) is 2. The lowest BCUT2D eigenvalue weighted by molar-refractivity contribution is 0.0662. The standard InChI is InChI=1S/C13H14O4/c14-10-4-1-9(2-5-10)3-6-11-7-8-12(17-11)13(15)16/h1,3,6-8,10,14H,2,4-5H2,(H,15,16)/b6-3+. The second-order valence-corrected chi connectivity index (χ2v) is 4.05. The molecule has 0 spiro atoms. The lowest BCUT2D eigenvalue weighted by atomic mass is 9.97. The molecule has 90 valence electrons. The molecule has 1 aromatic rings. The number of rotatable bonds is 3. The molecule has 0 saturated heterocycles. The minimum absolute atomic E-state index is 0.0577. The molecule has 1 unspecified atom stereocenters. The molecule has 0 aliphatic heterocycles. The molecule has 0 amide bonds. The molecule has 1 heterocycles. The Balaban J connectivity index is 2.02. The molecule has 1 atom stereocenters. The summed E-state index contributed by atoms with van der Waals surface area (Å²) in [5, 5.41) is 18.0. The van der Waals surface area contributed by atoms with Crippen LogP contribution in [0, 0.1) is 0 Å². The van der Waals surface area contributed by atoms with Crippen LogP contribution in [0.1, 0.15) is 35.6 Å². The van der Waals surface area contributed by atoms with E-state index in [0.29, 0.717) is 12.2 Å². The van der Waals surface area contributed by atoms with Crippen LogP contribution in [0.15, 0.2) is 34.3 Å². The van der Waals surface area contributed by atoms with Crippen LogP contribution in [0.2, 0.25) is 0 Å². The van der Waals surface area contributed by atoms with Crippen molar-refractivity contribution < 1.29 is 19.4 Å².